The number of hydrogen-bond acceptors (Lipinski definition) is 4. The van der Waals surface area contributed by atoms with Crippen molar-refractivity contribution in [3.63, 3.8) is 0 Å². The summed E-state index contributed by atoms with van der Waals surface area (Å²) in [7, 11) is 1.87. The van der Waals surface area contributed by atoms with Gasteiger partial charge in [0.2, 0.25) is 0 Å². The maximum absolute atomic E-state index is 12.7. The van der Waals surface area contributed by atoms with Crippen LogP contribution < -0.4 is 10.1 Å². The number of hydrogen-bond donors (Lipinski definition) is 1. The van der Waals surface area contributed by atoms with Crippen LogP contribution in [0.1, 0.15) is 12.1 Å². The molecule has 0 radical (unpaired) electrons. The van der Waals surface area contributed by atoms with Crippen molar-refractivity contribution in [2.24, 2.45) is 0 Å². The zero-order valence-electron chi connectivity index (χ0n) is 10.8. The molecule has 0 aliphatic heterocycles. The number of aromatic nitrogens is 3. The van der Waals surface area contributed by atoms with Gasteiger partial charge < -0.3 is 10.1 Å². The highest BCUT2D eigenvalue weighted by Crippen LogP contribution is 2.11. The molecule has 1 aromatic carbocycles. The number of ether oxygens (including phenoxy) is 1. The van der Waals surface area contributed by atoms with Gasteiger partial charge in [0.15, 0.2) is 0 Å². The molecule has 1 heterocycles. The maximum Gasteiger partial charge on any atom is 0.123 e. The standard InChI is InChI=1S/C13H17FN4O/c1-15-9-12-10-18(17-16-12)7-2-8-19-13-5-3-11(14)4-6-13/h3-6,10,15H,2,7-9H2,1H3. The molecule has 0 fully saturated rings. The third-order valence-electron chi connectivity index (χ3n) is 2.56. The van der Waals surface area contributed by atoms with Gasteiger partial charge in [0, 0.05) is 25.7 Å². The minimum absolute atomic E-state index is 0.257. The highest BCUT2D eigenvalue weighted by molar-refractivity contribution is 5.21. The molecule has 5 nitrogen and oxygen atoms in total. The zero-order chi connectivity index (χ0) is 13.5. The summed E-state index contributed by atoms with van der Waals surface area (Å²) in [6.45, 7) is 2.02. The van der Waals surface area contributed by atoms with Crippen LogP contribution in [0, 0.1) is 5.82 Å². The summed E-state index contributed by atoms with van der Waals surface area (Å²) in [5.74, 6) is 0.419. The van der Waals surface area contributed by atoms with Crippen LogP contribution in [-0.4, -0.2) is 28.6 Å². The van der Waals surface area contributed by atoms with Crippen molar-refractivity contribution in [3.05, 3.63) is 42.0 Å². The van der Waals surface area contributed by atoms with E-state index in [0.29, 0.717) is 18.9 Å². The number of halogens is 1. The molecule has 2 aromatic rings. The Morgan fingerprint density at radius 3 is 2.84 bits per heavy atom. The van der Waals surface area contributed by atoms with Crippen LogP contribution in [0.25, 0.3) is 0 Å². The SMILES string of the molecule is CNCc1cn(CCCOc2ccc(F)cc2)nn1. The number of nitrogens with zero attached hydrogens (tertiary/aromatic N) is 3. The van der Waals surface area contributed by atoms with Crippen LogP contribution >= 0.6 is 0 Å². The van der Waals surface area contributed by atoms with Gasteiger partial charge in [-0.05, 0) is 31.3 Å². The van der Waals surface area contributed by atoms with E-state index in [-0.39, 0.29) is 5.82 Å². The van der Waals surface area contributed by atoms with Gasteiger partial charge in [0.1, 0.15) is 11.6 Å². The number of benzene rings is 1. The van der Waals surface area contributed by atoms with Gasteiger partial charge in [-0.25, -0.2) is 4.39 Å². The molecule has 102 valence electrons. The van der Waals surface area contributed by atoms with E-state index in [9.17, 15) is 4.39 Å². The lowest BCUT2D eigenvalue weighted by Crippen LogP contribution is -2.06. The fourth-order valence-electron chi connectivity index (χ4n) is 1.66. The fraction of sp³-hybridized carbons (Fsp3) is 0.385. The van der Waals surface area contributed by atoms with Crippen molar-refractivity contribution < 1.29 is 9.13 Å². The molecule has 1 aromatic heterocycles. The minimum Gasteiger partial charge on any atom is -0.494 e. The lowest BCUT2D eigenvalue weighted by molar-refractivity contribution is 0.297. The summed E-state index contributed by atoms with van der Waals surface area (Å²) < 4.78 is 20.0. The second-order valence-electron chi connectivity index (χ2n) is 4.16. The second-order valence-corrected chi connectivity index (χ2v) is 4.16. The van der Waals surface area contributed by atoms with E-state index in [4.69, 9.17) is 4.74 Å². The minimum atomic E-state index is -0.257. The summed E-state index contributed by atoms with van der Waals surface area (Å²) in [6, 6.07) is 6.01. The molecular formula is C13H17FN4O. The van der Waals surface area contributed by atoms with Crippen molar-refractivity contribution in [1.82, 2.24) is 20.3 Å². The Morgan fingerprint density at radius 2 is 2.11 bits per heavy atom. The van der Waals surface area contributed by atoms with Gasteiger partial charge in [-0.15, -0.1) is 5.10 Å². The Balaban J connectivity index is 1.69. The Hall–Kier alpha value is -1.95. The Bertz CT molecular complexity index is 498. The van der Waals surface area contributed by atoms with Crippen LogP contribution in [0.2, 0.25) is 0 Å². The van der Waals surface area contributed by atoms with Crippen LogP contribution in [0.5, 0.6) is 5.75 Å². The monoisotopic (exact) mass is 264 g/mol. The van der Waals surface area contributed by atoms with Crippen LogP contribution in [-0.2, 0) is 13.1 Å². The quantitative estimate of drug-likeness (QED) is 0.772. The van der Waals surface area contributed by atoms with E-state index in [2.05, 4.69) is 15.6 Å². The summed E-state index contributed by atoms with van der Waals surface area (Å²) in [4.78, 5) is 0. The molecule has 0 unspecified atom stereocenters. The first-order chi connectivity index (χ1) is 9.28. The first-order valence-corrected chi connectivity index (χ1v) is 6.20. The first-order valence-electron chi connectivity index (χ1n) is 6.20. The molecule has 0 saturated carbocycles. The van der Waals surface area contributed by atoms with Crippen molar-refractivity contribution in [2.75, 3.05) is 13.7 Å². The molecule has 6 heteroatoms. The van der Waals surface area contributed by atoms with Gasteiger partial charge in [-0.3, -0.25) is 4.68 Å². The lowest BCUT2D eigenvalue weighted by atomic mass is 10.3. The Morgan fingerprint density at radius 1 is 1.32 bits per heavy atom. The van der Waals surface area contributed by atoms with E-state index in [1.54, 1.807) is 16.8 Å². The number of rotatable bonds is 7. The average Bonchev–Trinajstić information content (AvgIpc) is 2.85. The predicted octanol–water partition coefficient (Wildman–Crippen LogP) is 1.61. The molecule has 0 saturated heterocycles. The second kappa shape index (κ2) is 6.84. The van der Waals surface area contributed by atoms with Crippen molar-refractivity contribution in [2.45, 2.75) is 19.5 Å². The summed E-state index contributed by atoms with van der Waals surface area (Å²) in [6.07, 6.45) is 2.73. The van der Waals surface area contributed by atoms with E-state index in [0.717, 1.165) is 18.7 Å². The molecular weight excluding hydrogens is 247 g/mol. The molecule has 0 aliphatic rings. The summed E-state index contributed by atoms with van der Waals surface area (Å²) in [5.41, 5.74) is 0.918. The van der Waals surface area contributed by atoms with Gasteiger partial charge in [-0.1, -0.05) is 5.21 Å². The van der Waals surface area contributed by atoms with E-state index < -0.39 is 0 Å². The molecule has 0 aliphatic carbocycles. The number of aryl methyl sites for hydroxylation is 1. The predicted molar refractivity (Wildman–Crippen MR) is 69.3 cm³/mol. The summed E-state index contributed by atoms with van der Waals surface area (Å²) >= 11 is 0. The topological polar surface area (TPSA) is 52.0 Å². The summed E-state index contributed by atoms with van der Waals surface area (Å²) in [5, 5.41) is 11.1. The average molecular weight is 264 g/mol. The van der Waals surface area contributed by atoms with Gasteiger partial charge in [0.05, 0.1) is 12.3 Å². The van der Waals surface area contributed by atoms with Gasteiger partial charge in [-0.2, -0.15) is 0 Å². The largest absolute Gasteiger partial charge is 0.494 e. The first kappa shape index (κ1) is 13.5. The third kappa shape index (κ3) is 4.33. The molecule has 0 spiro atoms. The van der Waals surface area contributed by atoms with E-state index in [1.807, 2.05) is 13.2 Å². The van der Waals surface area contributed by atoms with E-state index >= 15 is 0 Å². The Labute approximate surface area is 111 Å². The molecule has 1 N–H and O–H groups in total. The van der Waals surface area contributed by atoms with Crippen molar-refractivity contribution in [3.8, 4) is 5.75 Å². The van der Waals surface area contributed by atoms with Gasteiger partial charge >= 0.3 is 0 Å². The van der Waals surface area contributed by atoms with E-state index in [1.165, 1.54) is 12.1 Å². The molecule has 0 bridgehead atoms. The van der Waals surface area contributed by atoms with Crippen molar-refractivity contribution >= 4 is 0 Å². The fourth-order valence-corrected chi connectivity index (χ4v) is 1.66. The molecule has 0 amide bonds. The van der Waals surface area contributed by atoms with Crippen LogP contribution in [0.15, 0.2) is 30.5 Å². The van der Waals surface area contributed by atoms with Gasteiger partial charge in [0.25, 0.3) is 0 Å². The number of nitrogens with one attached hydrogen (secondary N) is 1. The molecule has 0 atom stereocenters. The Kier molecular flexibility index (Phi) is 4.85. The van der Waals surface area contributed by atoms with Crippen LogP contribution in [0.4, 0.5) is 4.39 Å². The third-order valence-corrected chi connectivity index (χ3v) is 2.56. The lowest BCUT2D eigenvalue weighted by Gasteiger charge is -2.05. The zero-order valence-corrected chi connectivity index (χ0v) is 10.8. The van der Waals surface area contributed by atoms with Crippen molar-refractivity contribution in [1.29, 1.82) is 0 Å². The van der Waals surface area contributed by atoms with Crippen LogP contribution in [0.3, 0.4) is 0 Å². The smallest absolute Gasteiger partial charge is 0.123 e. The molecule has 2 rings (SSSR count). The highest BCUT2D eigenvalue weighted by atomic mass is 19.1. The highest BCUT2D eigenvalue weighted by Gasteiger charge is 2.00. The maximum atomic E-state index is 12.7. The molecule has 19 heavy (non-hydrogen) atoms. The normalized spacial score (nSPS) is 10.6.